The Hall–Kier alpha value is -3.37. The molecule has 0 aliphatic carbocycles. The minimum Gasteiger partial charge on any atom is -0.496 e. The lowest BCUT2D eigenvalue weighted by Crippen LogP contribution is -2.25. The zero-order chi connectivity index (χ0) is 22.5. The molecule has 164 valence electrons. The molecule has 4 aromatic rings. The zero-order valence-corrected chi connectivity index (χ0v) is 18.9. The second-order valence-electron chi connectivity index (χ2n) is 6.64. The Kier molecular flexibility index (Phi) is 6.72. The van der Waals surface area contributed by atoms with E-state index in [1.165, 1.54) is 18.9 Å². The predicted molar refractivity (Wildman–Crippen MR) is 119 cm³/mol. The molecule has 11 heteroatoms. The number of benzene rings is 2. The number of aromatic nitrogens is 5. The predicted octanol–water partition coefficient (Wildman–Crippen LogP) is 3.75. The van der Waals surface area contributed by atoms with Crippen molar-refractivity contribution >= 4 is 29.3 Å². The van der Waals surface area contributed by atoms with E-state index in [4.69, 9.17) is 20.8 Å². The fourth-order valence-corrected chi connectivity index (χ4v) is 3.75. The molecule has 9 nitrogen and oxygen atoms in total. The van der Waals surface area contributed by atoms with Crippen LogP contribution < -0.4 is 10.1 Å². The maximum absolute atomic E-state index is 12.5. The van der Waals surface area contributed by atoms with Crippen LogP contribution in [0.3, 0.4) is 0 Å². The highest BCUT2D eigenvalue weighted by Gasteiger charge is 2.15. The summed E-state index contributed by atoms with van der Waals surface area (Å²) in [6.07, 6.45) is 0. The fourth-order valence-electron chi connectivity index (χ4n) is 2.86. The third-order valence-corrected chi connectivity index (χ3v) is 5.82. The van der Waals surface area contributed by atoms with E-state index in [9.17, 15) is 4.79 Å². The molecule has 0 saturated heterocycles. The summed E-state index contributed by atoms with van der Waals surface area (Å²) in [5, 5.41) is 20.6. The molecule has 1 amide bonds. The van der Waals surface area contributed by atoms with Crippen LogP contribution in [-0.4, -0.2) is 38.0 Å². The van der Waals surface area contributed by atoms with E-state index in [1.54, 1.807) is 30.3 Å². The first kappa shape index (κ1) is 21.8. The topological polar surface area (TPSA) is 108 Å². The van der Waals surface area contributed by atoms with Crippen LogP contribution in [-0.2, 0) is 19.3 Å². The third-order valence-electron chi connectivity index (χ3n) is 4.57. The standard InChI is InChI=1S/C21H19ClN6O3S/c1-28-17(11-23-19(29)15-5-3-4-6-16(15)30-2)24-27-21(28)32-12-18-25-26-20(31-18)13-7-9-14(22)10-8-13/h3-10H,11-12H2,1-2H3,(H,23,29). The van der Waals surface area contributed by atoms with Crippen molar-refractivity contribution in [3.8, 4) is 17.2 Å². The lowest BCUT2D eigenvalue weighted by atomic mass is 10.2. The van der Waals surface area contributed by atoms with E-state index in [2.05, 4.69) is 25.7 Å². The molecule has 0 aliphatic rings. The van der Waals surface area contributed by atoms with Gasteiger partial charge >= 0.3 is 0 Å². The zero-order valence-electron chi connectivity index (χ0n) is 17.3. The van der Waals surface area contributed by atoms with E-state index in [1.807, 2.05) is 29.8 Å². The molecule has 0 atom stereocenters. The Morgan fingerprint density at radius 3 is 2.69 bits per heavy atom. The molecule has 1 N–H and O–H groups in total. The van der Waals surface area contributed by atoms with Gasteiger partial charge in [0.25, 0.3) is 5.91 Å². The summed E-state index contributed by atoms with van der Waals surface area (Å²) >= 11 is 7.32. The van der Waals surface area contributed by atoms with E-state index in [0.717, 1.165) is 5.56 Å². The average Bonchev–Trinajstić information content (AvgIpc) is 3.43. The SMILES string of the molecule is COc1ccccc1C(=O)NCc1nnc(SCc2nnc(-c3ccc(Cl)cc3)o2)n1C. The lowest BCUT2D eigenvalue weighted by molar-refractivity contribution is 0.0946. The Labute approximate surface area is 193 Å². The van der Waals surface area contributed by atoms with E-state index in [0.29, 0.717) is 44.9 Å². The van der Waals surface area contributed by atoms with Crippen LogP contribution in [0, 0.1) is 0 Å². The maximum atomic E-state index is 12.5. The van der Waals surface area contributed by atoms with Crippen LogP contribution >= 0.6 is 23.4 Å². The number of rotatable bonds is 8. The van der Waals surface area contributed by atoms with Gasteiger partial charge in [-0.05, 0) is 36.4 Å². The number of para-hydroxylation sites is 1. The number of thioether (sulfide) groups is 1. The van der Waals surface area contributed by atoms with Gasteiger partial charge in [-0.25, -0.2) is 0 Å². The van der Waals surface area contributed by atoms with Crippen molar-refractivity contribution in [2.24, 2.45) is 7.05 Å². The molecule has 0 aliphatic heterocycles. The van der Waals surface area contributed by atoms with Crippen LogP contribution in [0.2, 0.25) is 5.02 Å². The van der Waals surface area contributed by atoms with Crippen LogP contribution in [0.5, 0.6) is 5.75 Å². The summed E-state index contributed by atoms with van der Waals surface area (Å²) < 4.78 is 12.8. The number of amides is 1. The normalized spacial score (nSPS) is 10.8. The van der Waals surface area contributed by atoms with Crippen molar-refractivity contribution in [2.45, 2.75) is 17.5 Å². The average molecular weight is 471 g/mol. The molecule has 2 aromatic heterocycles. The van der Waals surface area contributed by atoms with E-state index >= 15 is 0 Å². The second kappa shape index (κ2) is 9.84. The number of nitrogens with zero attached hydrogens (tertiary/aromatic N) is 5. The molecule has 0 bridgehead atoms. The van der Waals surface area contributed by atoms with E-state index < -0.39 is 0 Å². The molecule has 0 radical (unpaired) electrons. The van der Waals surface area contributed by atoms with Crippen LogP contribution in [0.4, 0.5) is 0 Å². The van der Waals surface area contributed by atoms with Gasteiger partial charge in [-0.15, -0.1) is 20.4 Å². The Balaban J connectivity index is 1.35. The maximum Gasteiger partial charge on any atom is 0.255 e. The van der Waals surface area contributed by atoms with Crippen molar-refractivity contribution in [3.05, 3.63) is 70.8 Å². The Morgan fingerprint density at radius 2 is 1.91 bits per heavy atom. The number of carbonyl (C=O) groups excluding carboxylic acids is 1. The largest absolute Gasteiger partial charge is 0.496 e. The van der Waals surface area contributed by atoms with Gasteiger partial charge < -0.3 is 19.0 Å². The van der Waals surface area contributed by atoms with Crippen LogP contribution in [0.15, 0.2) is 58.1 Å². The van der Waals surface area contributed by atoms with Crippen molar-refractivity contribution < 1.29 is 13.9 Å². The van der Waals surface area contributed by atoms with Crippen molar-refractivity contribution in [1.29, 1.82) is 0 Å². The van der Waals surface area contributed by atoms with Gasteiger partial charge in [0, 0.05) is 17.6 Å². The molecular formula is C21H19ClN6O3S. The summed E-state index contributed by atoms with van der Waals surface area (Å²) in [5.41, 5.74) is 1.25. The fraction of sp³-hybridized carbons (Fsp3) is 0.190. The van der Waals surface area contributed by atoms with Gasteiger partial charge in [0.15, 0.2) is 11.0 Å². The monoisotopic (exact) mass is 470 g/mol. The minimum atomic E-state index is -0.250. The molecule has 0 fully saturated rings. The smallest absolute Gasteiger partial charge is 0.255 e. The van der Waals surface area contributed by atoms with Gasteiger partial charge in [-0.3, -0.25) is 4.79 Å². The molecule has 0 saturated carbocycles. The van der Waals surface area contributed by atoms with Gasteiger partial charge in [-0.1, -0.05) is 35.5 Å². The summed E-state index contributed by atoms with van der Waals surface area (Å²) in [6.45, 7) is 0.224. The molecule has 4 rings (SSSR count). The van der Waals surface area contributed by atoms with Crippen molar-refractivity contribution in [3.63, 3.8) is 0 Å². The molecule has 0 spiro atoms. The van der Waals surface area contributed by atoms with Gasteiger partial charge in [-0.2, -0.15) is 0 Å². The van der Waals surface area contributed by atoms with Crippen molar-refractivity contribution in [2.75, 3.05) is 7.11 Å². The van der Waals surface area contributed by atoms with Gasteiger partial charge in [0.2, 0.25) is 11.8 Å². The number of methoxy groups -OCH3 is 1. The highest BCUT2D eigenvalue weighted by atomic mass is 35.5. The summed E-state index contributed by atoms with van der Waals surface area (Å²) in [7, 11) is 3.36. The molecule has 2 heterocycles. The first-order chi connectivity index (χ1) is 15.5. The third kappa shape index (κ3) is 4.92. The number of ether oxygens (including phenoxy) is 1. The lowest BCUT2D eigenvalue weighted by Gasteiger charge is -2.09. The molecule has 32 heavy (non-hydrogen) atoms. The number of hydrogen-bond donors (Lipinski definition) is 1. The highest BCUT2D eigenvalue weighted by Crippen LogP contribution is 2.24. The number of nitrogens with one attached hydrogen (secondary N) is 1. The van der Waals surface area contributed by atoms with Crippen molar-refractivity contribution in [1.82, 2.24) is 30.3 Å². The highest BCUT2D eigenvalue weighted by molar-refractivity contribution is 7.98. The Bertz CT molecular complexity index is 1220. The summed E-state index contributed by atoms with van der Waals surface area (Å²) in [5.74, 6) is 2.20. The molecule has 2 aromatic carbocycles. The first-order valence-corrected chi connectivity index (χ1v) is 10.9. The van der Waals surface area contributed by atoms with Crippen LogP contribution in [0.1, 0.15) is 22.1 Å². The quantitative estimate of drug-likeness (QED) is 0.388. The van der Waals surface area contributed by atoms with Gasteiger partial charge in [0.1, 0.15) is 5.75 Å². The minimum absolute atomic E-state index is 0.224. The van der Waals surface area contributed by atoms with Gasteiger partial charge in [0.05, 0.1) is 25.0 Å². The number of hydrogen-bond acceptors (Lipinski definition) is 8. The first-order valence-electron chi connectivity index (χ1n) is 9.55. The van der Waals surface area contributed by atoms with Crippen LogP contribution in [0.25, 0.3) is 11.5 Å². The van der Waals surface area contributed by atoms with E-state index in [-0.39, 0.29) is 12.5 Å². The Morgan fingerprint density at radius 1 is 1.12 bits per heavy atom. The number of halogens is 1. The summed E-state index contributed by atoms with van der Waals surface area (Å²) in [6, 6.07) is 14.2. The summed E-state index contributed by atoms with van der Waals surface area (Å²) in [4.78, 5) is 12.5. The molecular weight excluding hydrogens is 452 g/mol. The molecule has 0 unspecified atom stereocenters. The number of carbonyl (C=O) groups is 1. The second-order valence-corrected chi connectivity index (χ2v) is 8.02.